The van der Waals surface area contributed by atoms with Gasteiger partial charge in [0.15, 0.2) is 0 Å². The first-order valence-electron chi connectivity index (χ1n) is 15.1. The molecule has 0 aliphatic rings. The van der Waals surface area contributed by atoms with Crippen molar-refractivity contribution in [3.63, 3.8) is 0 Å². The van der Waals surface area contributed by atoms with E-state index in [1.807, 2.05) is 36.4 Å². The van der Waals surface area contributed by atoms with Crippen molar-refractivity contribution in [3.05, 3.63) is 165 Å². The van der Waals surface area contributed by atoms with Crippen molar-refractivity contribution in [1.29, 1.82) is 0 Å². The fourth-order valence-corrected chi connectivity index (χ4v) is 5.86. The number of carbonyl (C=O) groups excluding carboxylic acids is 3. The lowest BCUT2D eigenvalue weighted by Crippen LogP contribution is -2.30. The molecule has 0 heterocycles. The maximum Gasteiger partial charge on any atom is 0.272 e. The number of aryl methyl sites for hydroxylation is 1. The van der Waals surface area contributed by atoms with Crippen LogP contribution in [-0.4, -0.2) is 29.8 Å². The smallest absolute Gasteiger partial charge is 0.272 e. The van der Waals surface area contributed by atoms with E-state index in [0.29, 0.717) is 38.7 Å². The number of rotatable bonds is 12. The number of hydrogen-bond acceptors (Lipinski definition) is 7. The van der Waals surface area contributed by atoms with E-state index in [-0.39, 0.29) is 17.3 Å². The molecule has 1 unspecified atom stereocenters. The Bertz CT molecular complexity index is 2020. The Morgan fingerprint density at radius 1 is 0.816 bits per heavy atom. The van der Waals surface area contributed by atoms with Gasteiger partial charge < -0.3 is 20.7 Å². The van der Waals surface area contributed by atoms with Gasteiger partial charge in [-0.25, -0.2) is 0 Å². The summed E-state index contributed by atoms with van der Waals surface area (Å²) < 4.78 is 5.32. The van der Waals surface area contributed by atoms with Gasteiger partial charge in [-0.2, -0.15) is 0 Å². The average molecular weight is 673 g/mol. The summed E-state index contributed by atoms with van der Waals surface area (Å²) in [5.74, 6) is -0.802. The number of nitrogens with one attached hydrogen (secondary N) is 3. The Hall–Kier alpha value is -6.20. The molecule has 1 atom stereocenters. The number of anilines is 2. The molecule has 0 bridgehead atoms. The van der Waals surface area contributed by atoms with Crippen LogP contribution in [0, 0.1) is 17.0 Å². The van der Waals surface area contributed by atoms with Crippen molar-refractivity contribution in [3.8, 4) is 5.75 Å². The van der Waals surface area contributed by atoms with Crippen molar-refractivity contribution in [2.24, 2.45) is 0 Å². The Balaban J connectivity index is 1.39. The summed E-state index contributed by atoms with van der Waals surface area (Å²) in [4.78, 5) is 52.0. The molecule has 11 heteroatoms. The summed E-state index contributed by atoms with van der Waals surface area (Å²) in [5, 5.41) is 19.1. The second kappa shape index (κ2) is 16.1. The number of nitro benzene ring substituents is 1. The van der Waals surface area contributed by atoms with E-state index < -0.39 is 22.0 Å². The van der Waals surface area contributed by atoms with E-state index >= 15 is 0 Å². The zero-order valence-corrected chi connectivity index (χ0v) is 27.4. The van der Waals surface area contributed by atoms with Crippen LogP contribution in [0.2, 0.25) is 0 Å². The maximum atomic E-state index is 13.7. The van der Waals surface area contributed by atoms with E-state index in [2.05, 4.69) is 16.0 Å². The van der Waals surface area contributed by atoms with Crippen LogP contribution in [0.15, 0.2) is 138 Å². The zero-order valence-electron chi connectivity index (χ0n) is 26.6. The molecule has 0 aliphatic heterocycles. The Morgan fingerprint density at radius 3 is 2.24 bits per heavy atom. The molecule has 0 saturated carbocycles. The quantitative estimate of drug-likeness (QED) is 0.0532. The first-order valence-corrected chi connectivity index (χ1v) is 16.0. The molecule has 0 aromatic heterocycles. The molecule has 10 nitrogen and oxygen atoms in total. The van der Waals surface area contributed by atoms with Gasteiger partial charge in [0.05, 0.1) is 17.7 Å². The minimum absolute atomic E-state index is 0.00836. The van der Waals surface area contributed by atoms with Gasteiger partial charge in [0.1, 0.15) is 16.7 Å². The van der Waals surface area contributed by atoms with Gasteiger partial charge in [-0.1, -0.05) is 72.8 Å². The summed E-state index contributed by atoms with van der Waals surface area (Å²) in [7, 11) is 1.54. The van der Waals surface area contributed by atoms with Gasteiger partial charge in [-0.3, -0.25) is 24.5 Å². The molecular weight excluding hydrogens is 641 g/mol. The summed E-state index contributed by atoms with van der Waals surface area (Å²) in [6.45, 7) is 1.76. The molecule has 3 amide bonds. The van der Waals surface area contributed by atoms with Crippen LogP contribution < -0.4 is 20.7 Å². The van der Waals surface area contributed by atoms with Crippen molar-refractivity contribution < 1.29 is 24.0 Å². The number of nitrogens with zero attached hydrogens (tertiary/aromatic N) is 1. The number of amides is 3. The van der Waals surface area contributed by atoms with E-state index in [9.17, 15) is 24.5 Å². The van der Waals surface area contributed by atoms with Crippen molar-refractivity contribution in [2.75, 3.05) is 17.7 Å². The predicted molar refractivity (Wildman–Crippen MR) is 191 cm³/mol. The van der Waals surface area contributed by atoms with Gasteiger partial charge in [-0.15, -0.1) is 11.8 Å². The van der Waals surface area contributed by atoms with E-state index in [1.54, 1.807) is 99.0 Å². The average Bonchev–Trinajstić information content (AvgIpc) is 3.12. The van der Waals surface area contributed by atoms with E-state index in [4.69, 9.17) is 4.74 Å². The molecule has 49 heavy (non-hydrogen) atoms. The Labute approximate surface area is 287 Å². The van der Waals surface area contributed by atoms with Crippen molar-refractivity contribution in [1.82, 2.24) is 5.32 Å². The fraction of sp³-hybridized carbons (Fsp3) is 0.0789. The van der Waals surface area contributed by atoms with Crippen LogP contribution in [0.25, 0.3) is 6.08 Å². The predicted octanol–water partition coefficient (Wildman–Crippen LogP) is 7.79. The van der Waals surface area contributed by atoms with Crippen LogP contribution >= 0.6 is 11.8 Å². The monoisotopic (exact) mass is 672 g/mol. The molecule has 0 radical (unpaired) electrons. The molecule has 246 valence electrons. The topological polar surface area (TPSA) is 140 Å². The molecule has 0 aliphatic carbocycles. The molecule has 3 N–H and O–H groups in total. The zero-order chi connectivity index (χ0) is 34.8. The molecule has 0 fully saturated rings. The van der Waals surface area contributed by atoms with Crippen LogP contribution in [0.4, 0.5) is 17.1 Å². The third-order valence-corrected chi connectivity index (χ3v) is 8.56. The van der Waals surface area contributed by atoms with Gasteiger partial charge in [0.25, 0.3) is 17.5 Å². The molecular formula is C38H32N4O6S. The second-order valence-corrected chi connectivity index (χ2v) is 12.0. The van der Waals surface area contributed by atoms with Crippen LogP contribution in [0.3, 0.4) is 0 Å². The van der Waals surface area contributed by atoms with Gasteiger partial charge in [-0.05, 0) is 72.2 Å². The molecule has 0 spiro atoms. The van der Waals surface area contributed by atoms with Crippen molar-refractivity contribution in [2.45, 2.75) is 17.1 Å². The molecule has 5 aromatic rings. The van der Waals surface area contributed by atoms with Gasteiger partial charge >= 0.3 is 0 Å². The Kier molecular flexibility index (Phi) is 11.2. The molecule has 5 rings (SSSR count). The summed E-state index contributed by atoms with van der Waals surface area (Å²) in [6, 6.07) is 36.1. The summed E-state index contributed by atoms with van der Waals surface area (Å²) in [5.41, 5.74) is 3.07. The SMILES string of the molecule is COc1cccc(/C=C(\NC(=O)c2ccccc2)C(=O)Nc2cccc(SC(C(=O)Nc3cc([N+](=O)[O-])ccc3C)c3ccccc3)c2)c1. The number of thioether (sulfide) groups is 1. The second-order valence-electron chi connectivity index (χ2n) is 10.8. The van der Waals surface area contributed by atoms with Crippen LogP contribution in [0.1, 0.15) is 32.3 Å². The largest absolute Gasteiger partial charge is 0.497 e. The maximum absolute atomic E-state index is 13.7. The van der Waals surface area contributed by atoms with Crippen LogP contribution in [-0.2, 0) is 9.59 Å². The lowest BCUT2D eigenvalue weighted by molar-refractivity contribution is -0.384. The van der Waals surface area contributed by atoms with Crippen molar-refractivity contribution >= 4 is 52.6 Å². The standard InChI is InChI=1S/C38H32N4O6S/c1-25-19-20-30(42(46)47)24-33(25)40-38(45)35(27-12-5-3-6-13-27)49-32-18-10-16-29(23-32)39-37(44)34(22-26-11-9-17-31(21-26)48-2)41-36(43)28-14-7-4-8-15-28/h3-24,35H,1-2H3,(H,39,44)(H,40,45)(H,41,43)/b34-22-. The number of methoxy groups -OCH3 is 1. The highest BCUT2D eigenvalue weighted by Crippen LogP contribution is 2.38. The highest BCUT2D eigenvalue weighted by atomic mass is 32.2. The van der Waals surface area contributed by atoms with E-state index in [0.717, 1.165) is 5.56 Å². The van der Waals surface area contributed by atoms with Crippen LogP contribution in [0.5, 0.6) is 5.75 Å². The molecule has 5 aromatic carbocycles. The lowest BCUT2D eigenvalue weighted by Gasteiger charge is -2.18. The fourth-order valence-electron chi connectivity index (χ4n) is 4.78. The number of non-ortho nitro benzene ring substituents is 1. The first kappa shape index (κ1) is 34.1. The third-order valence-electron chi connectivity index (χ3n) is 7.31. The summed E-state index contributed by atoms with van der Waals surface area (Å²) in [6.07, 6.45) is 1.56. The normalized spacial score (nSPS) is 11.6. The lowest BCUT2D eigenvalue weighted by atomic mass is 10.1. The first-order chi connectivity index (χ1) is 23.7. The highest BCUT2D eigenvalue weighted by molar-refractivity contribution is 8.00. The number of hydrogen-bond donors (Lipinski definition) is 3. The Morgan fingerprint density at radius 2 is 1.53 bits per heavy atom. The minimum atomic E-state index is -0.737. The molecule has 0 saturated heterocycles. The number of nitro groups is 1. The number of ether oxygens (including phenoxy) is 1. The summed E-state index contributed by atoms with van der Waals surface area (Å²) >= 11 is 1.25. The third kappa shape index (κ3) is 9.21. The number of benzene rings is 5. The van der Waals surface area contributed by atoms with Gasteiger partial charge in [0.2, 0.25) is 5.91 Å². The van der Waals surface area contributed by atoms with Gasteiger partial charge in [0, 0.05) is 28.3 Å². The minimum Gasteiger partial charge on any atom is -0.497 e. The highest BCUT2D eigenvalue weighted by Gasteiger charge is 2.24. The number of carbonyl (C=O) groups is 3. The van der Waals surface area contributed by atoms with E-state index in [1.165, 1.54) is 23.9 Å².